The molecule has 88 valence electrons. The Balaban J connectivity index is 2.17. The van der Waals surface area contributed by atoms with Crippen LogP contribution in [0.1, 0.15) is 43.4 Å². The number of carboxylic acid groups (broad SMARTS) is 1. The van der Waals surface area contributed by atoms with Gasteiger partial charge in [-0.25, -0.2) is 0 Å². The van der Waals surface area contributed by atoms with Crippen molar-refractivity contribution in [1.29, 1.82) is 0 Å². The van der Waals surface area contributed by atoms with E-state index in [-0.39, 0.29) is 0 Å². The molecule has 1 aromatic rings. The third-order valence-corrected chi connectivity index (χ3v) is 4.29. The van der Waals surface area contributed by atoms with Gasteiger partial charge in [0.05, 0.1) is 10.9 Å². The summed E-state index contributed by atoms with van der Waals surface area (Å²) in [5, 5.41) is 9.50. The predicted octanol–water partition coefficient (Wildman–Crippen LogP) is 3.11. The first-order valence-electron chi connectivity index (χ1n) is 5.84. The lowest BCUT2D eigenvalue weighted by molar-refractivity contribution is -0.149. The first-order valence-corrected chi connectivity index (χ1v) is 6.72. The van der Waals surface area contributed by atoms with Crippen LogP contribution in [-0.4, -0.2) is 16.1 Å². The monoisotopic (exact) mass is 239 g/mol. The number of aromatic nitrogens is 1. The molecule has 4 heteroatoms. The molecule has 0 unspecified atom stereocenters. The maximum atomic E-state index is 11.5. The number of carbonyl (C=O) groups is 1. The Morgan fingerprint density at radius 1 is 1.38 bits per heavy atom. The van der Waals surface area contributed by atoms with Crippen LogP contribution in [0.25, 0.3) is 0 Å². The highest BCUT2D eigenvalue weighted by atomic mass is 32.1. The maximum absolute atomic E-state index is 11.5. The summed E-state index contributed by atoms with van der Waals surface area (Å²) < 4.78 is 0. The summed E-state index contributed by atoms with van der Waals surface area (Å²) in [5.41, 5.74) is 1.25. The number of carboxylic acids is 1. The van der Waals surface area contributed by atoms with E-state index in [4.69, 9.17) is 0 Å². The van der Waals surface area contributed by atoms with Crippen LogP contribution >= 0.6 is 11.3 Å². The highest BCUT2D eigenvalue weighted by Gasteiger charge is 2.38. The molecule has 0 bridgehead atoms. The second kappa shape index (κ2) is 4.95. The minimum Gasteiger partial charge on any atom is -0.481 e. The van der Waals surface area contributed by atoms with E-state index >= 15 is 0 Å². The van der Waals surface area contributed by atoms with Crippen molar-refractivity contribution in [2.45, 2.75) is 44.9 Å². The lowest BCUT2D eigenvalue weighted by Gasteiger charge is -2.27. The van der Waals surface area contributed by atoms with Crippen LogP contribution in [0.5, 0.6) is 0 Å². The molecular formula is C12H17NO2S. The molecule has 2 rings (SSSR count). The molecule has 1 aromatic heterocycles. The van der Waals surface area contributed by atoms with Gasteiger partial charge >= 0.3 is 5.97 Å². The van der Waals surface area contributed by atoms with E-state index in [2.05, 4.69) is 4.98 Å². The summed E-state index contributed by atoms with van der Waals surface area (Å²) in [6.07, 6.45) is 8.55. The molecule has 0 amide bonds. The van der Waals surface area contributed by atoms with Crippen LogP contribution < -0.4 is 0 Å². The number of hydrogen-bond acceptors (Lipinski definition) is 3. The van der Waals surface area contributed by atoms with Gasteiger partial charge in [-0.3, -0.25) is 9.78 Å². The van der Waals surface area contributed by atoms with Gasteiger partial charge in [-0.1, -0.05) is 25.7 Å². The Kier molecular flexibility index (Phi) is 3.59. The van der Waals surface area contributed by atoms with Gasteiger partial charge in [0.25, 0.3) is 0 Å². The van der Waals surface area contributed by atoms with Gasteiger partial charge in [0, 0.05) is 11.1 Å². The Morgan fingerprint density at radius 2 is 2.06 bits per heavy atom. The molecule has 3 nitrogen and oxygen atoms in total. The van der Waals surface area contributed by atoms with E-state index in [0.29, 0.717) is 6.42 Å². The predicted molar refractivity (Wildman–Crippen MR) is 63.6 cm³/mol. The summed E-state index contributed by atoms with van der Waals surface area (Å²) in [7, 11) is 0. The number of nitrogens with zero attached hydrogens (tertiary/aromatic N) is 1. The first-order chi connectivity index (χ1) is 7.73. The lowest BCUT2D eigenvalue weighted by Crippen LogP contribution is -2.32. The molecule has 0 saturated heterocycles. The summed E-state index contributed by atoms with van der Waals surface area (Å²) in [5.74, 6) is -0.622. The summed E-state index contributed by atoms with van der Waals surface area (Å²) in [6, 6.07) is 0. The van der Waals surface area contributed by atoms with Crippen LogP contribution in [0.15, 0.2) is 11.7 Å². The van der Waals surface area contributed by atoms with E-state index in [9.17, 15) is 9.90 Å². The number of aliphatic carboxylic acids is 1. The Morgan fingerprint density at radius 3 is 2.56 bits per heavy atom. The maximum Gasteiger partial charge on any atom is 0.309 e. The Bertz CT molecular complexity index is 340. The van der Waals surface area contributed by atoms with Crippen molar-refractivity contribution >= 4 is 17.3 Å². The molecule has 1 aliphatic rings. The smallest absolute Gasteiger partial charge is 0.309 e. The highest BCUT2D eigenvalue weighted by Crippen LogP contribution is 2.39. The molecule has 0 aliphatic heterocycles. The SMILES string of the molecule is O=C(O)C1(Cc2cncs2)CCCCCC1. The van der Waals surface area contributed by atoms with Crippen LogP contribution in [0.4, 0.5) is 0 Å². The van der Waals surface area contributed by atoms with Gasteiger partial charge in [0.1, 0.15) is 0 Å². The molecule has 16 heavy (non-hydrogen) atoms. The van der Waals surface area contributed by atoms with E-state index < -0.39 is 11.4 Å². The van der Waals surface area contributed by atoms with Gasteiger partial charge in [-0.05, 0) is 19.3 Å². The second-order valence-electron chi connectivity index (χ2n) is 4.64. The molecule has 1 aliphatic carbocycles. The van der Waals surface area contributed by atoms with Crippen molar-refractivity contribution in [2.75, 3.05) is 0 Å². The summed E-state index contributed by atoms with van der Waals surface area (Å²) in [4.78, 5) is 16.7. The van der Waals surface area contributed by atoms with Crippen LogP contribution in [-0.2, 0) is 11.2 Å². The van der Waals surface area contributed by atoms with Crippen LogP contribution in [0, 0.1) is 5.41 Å². The zero-order chi connectivity index (χ0) is 11.4. The van der Waals surface area contributed by atoms with Crippen molar-refractivity contribution < 1.29 is 9.90 Å². The molecule has 0 atom stereocenters. The molecular weight excluding hydrogens is 222 g/mol. The van der Waals surface area contributed by atoms with Crippen molar-refractivity contribution in [3.63, 3.8) is 0 Å². The lowest BCUT2D eigenvalue weighted by atomic mass is 9.77. The molecule has 1 fully saturated rings. The third kappa shape index (κ3) is 2.43. The van der Waals surface area contributed by atoms with E-state index in [1.807, 2.05) is 0 Å². The van der Waals surface area contributed by atoms with Crippen LogP contribution in [0.3, 0.4) is 0 Å². The van der Waals surface area contributed by atoms with E-state index in [1.54, 1.807) is 23.0 Å². The number of hydrogen-bond donors (Lipinski definition) is 1. The molecule has 0 aromatic carbocycles. The quantitative estimate of drug-likeness (QED) is 0.824. The van der Waals surface area contributed by atoms with Crippen molar-refractivity contribution in [2.24, 2.45) is 5.41 Å². The van der Waals surface area contributed by atoms with E-state index in [1.165, 1.54) is 12.8 Å². The fraction of sp³-hybridized carbons (Fsp3) is 0.667. The number of rotatable bonds is 3. The summed E-state index contributed by atoms with van der Waals surface area (Å²) >= 11 is 1.56. The molecule has 1 heterocycles. The van der Waals surface area contributed by atoms with Crippen molar-refractivity contribution in [3.05, 3.63) is 16.6 Å². The number of thiazole rings is 1. The van der Waals surface area contributed by atoms with Gasteiger partial charge in [-0.2, -0.15) is 0 Å². The minimum atomic E-state index is -0.622. The Hall–Kier alpha value is -0.900. The fourth-order valence-corrected chi connectivity index (χ4v) is 3.27. The fourth-order valence-electron chi connectivity index (χ4n) is 2.53. The topological polar surface area (TPSA) is 50.2 Å². The summed E-state index contributed by atoms with van der Waals surface area (Å²) in [6.45, 7) is 0. The van der Waals surface area contributed by atoms with Gasteiger partial charge in [0.2, 0.25) is 0 Å². The van der Waals surface area contributed by atoms with Crippen molar-refractivity contribution in [3.8, 4) is 0 Å². The third-order valence-electron chi connectivity index (χ3n) is 3.51. The van der Waals surface area contributed by atoms with Gasteiger partial charge in [-0.15, -0.1) is 11.3 Å². The van der Waals surface area contributed by atoms with Gasteiger partial charge < -0.3 is 5.11 Å². The second-order valence-corrected chi connectivity index (χ2v) is 5.62. The average molecular weight is 239 g/mol. The Labute approximate surface area is 99.5 Å². The molecule has 0 radical (unpaired) electrons. The highest BCUT2D eigenvalue weighted by molar-refractivity contribution is 7.09. The molecule has 0 spiro atoms. The largest absolute Gasteiger partial charge is 0.481 e. The molecule has 1 saturated carbocycles. The van der Waals surface area contributed by atoms with Crippen molar-refractivity contribution in [1.82, 2.24) is 4.98 Å². The first kappa shape index (κ1) is 11.6. The van der Waals surface area contributed by atoms with Gasteiger partial charge in [0.15, 0.2) is 0 Å². The standard InChI is InChI=1S/C12H17NO2S/c14-11(15)12(5-3-1-2-4-6-12)7-10-8-13-9-16-10/h8-9H,1-7H2,(H,14,15). The normalized spacial score (nSPS) is 20.2. The minimum absolute atomic E-state index is 0.525. The molecule has 1 N–H and O–H groups in total. The zero-order valence-electron chi connectivity index (χ0n) is 9.32. The zero-order valence-corrected chi connectivity index (χ0v) is 10.1. The average Bonchev–Trinajstić information content (AvgIpc) is 2.62. The van der Waals surface area contributed by atoms with Crippen LogP contribution in [0.2, 0.25) is 0 Å². The van der Waals surface area contributed by atoms with E-state index in [0.717, 1.165) is 30.6 Å².